The first-order chi connectivity index (χ1) is 17.0. The maximum atomic E-state index is 13.9. The number of aryl methyl sites for hydroxylation is 1. The van der Waals surface area contributed by atoms with Gasteiger partial charge in [0.2, 0.25) is 0 Å². The summed E-state index contributed by atoms with van der Waals surface area (Å²) in [6.07, 6.45) is 15.7. The van der Waals surface area contributed by atoms with Crippen LogP contribution in [0.5, 0.6) is 0 Å². The van der Waals surface area contributed by atoms with Crippen molar-refractivity contribution < 1.29 is 0 Å². The number of H-pyrrole nitrogens is 1. The summed E-state index contributed by atoms with van der Waals surface area (Å²) in [5, 5.41) is 17.5. The monoisotopic (exact) mass is 473 g/mol. The average Bonchev–Trinajstić information content (AvgIpc) is 3.48. The lowest BCUT2D eigenvalue weighted by atomic mass is 9.72. The van der Waals surface area contributed by atoms with Crippen molar-refractivity contribution in [1.82, 2.24) is 35.1 Å². The Kier molecular flexibility index (Phi) is 6.45. The SMILES string of the molecule is CCCCc1cn(C2CCC2C(C)C)c(=O)n1CC1(c2cccc(-c3nnn[nH]3)c2)C=CNC=C1. The van der Waals surface area contributed by atoms with Crippen molar-refractivity contribution in [3.8, 4) is 11.4 Å². The van der Waals surface area contributed by atoms with Gasteiger partial charge in [-0.15, -0.1) is 5.10 Å². The molecule has 2 atom stereocenters. The highest BCUT2D eigenvalue weighted by molar-refractivity contribution is 5.57. The minimum Gasteiger partial charge on any atom is -0.368 e. The number of aromatic nitrogens is 6. The van der Waals surface area contributed by atoms with Gasteiger partial charge in [-0.25, -0.2) is 9.89 Å². The van der Waals surface area contributed by atoms with E-state index in [2.05, 4.69) is 77.2 Å². The summed E-state index contributed by atoms with van der Waals surface area (Å²) in [5.41, 5.74) is 2.77. The molecule has 35 heavy (non-hydrogen) atoms. The molecule has 184 valence electrons. The van der Waals surface area contributed by atoms with E-state index in [1.165, 1.54) is 6.42 Å². The van der Waals surface area contributed by atoms with Gasteiger partial charge in [0.1, 0.15) is 0 Å². The van der Waals surface area contributed by atoms with Crippen LogP contribution >= 0.6 is 0 Å². The maximum Gasteiger partial charge on any atom is 0.328 e. The van der Waals surface area contributed by atoms with Crippen molar-refractivity contribution in [1.29, 1.82) is 0 Å². The lowest BCUT2D eigenvalue weighted by Gasteiger charge is -2.39. The lowest BCUT2D eigenvalue weighted by Crippen LogP contribution is -2.40. The van der Waals surface area contributed by atoms with Crippen LogP contribution in [0.25, 0.3) is 11.4 Å². The molecule has 0 spiro atoms. The molecule has 8 nitrogen and oxygen atoms in total. The molecular weight excluding hydrogens is 438 g/mol. The molecule has 3 aromatic rings. The molecule has 2 aliphatic rings. The number of dihydropyridines is 1. The first-order valence-electron chi connectivity index (χ1n) is 12.8. The predicted molar refractivity (Wildman–Crippen MR) is 137 cm³/mol. The van der Waals surface area contributed by atoms with Crippen molar-refractivity contribution in [3.05, 3.63) is 76.8 Å². The van der Waals surface area contributed by atoms with E-state index in [0.29, 0.717) is 30.2 Å². The summed E-state index contributed by atoms with van der Waals surface area (Å²) in [5.74, 6) is 1.78. The number of imidazole rings is 1. The number of unbranched alkanes of at least 4 members (excludes halogenated alkanes) is 1. The third-order valence-electron chi connectivity index (χ3n) is 7.77. The minimum absolute atomic E-state index is 0.113. The summed E-state index contributed by atoms with van der Waals surface area (Å²) in [7, 11) is 0. The molecular formula is C27H35N7O. The quantitative estimate of drug-likeness (QED) is 0.482. The molecule has 0 radical (unpaired) electrons. The van der Waals surface area contributed by atoms with Crippen molar-refractivity contribution in [2.45, 2.75) is 70.9 Å². The Hall–Kier alpha value is -3.42. The van der Waals surface area contributed by atoms with Crippen LogP contribution in [-0.4, -0.2) is 29.8 Å². The van der Waals surface area contributed by atoms with Crippen LogP contribution < -0.4 is 11.0 Å². The van der Waals surface area contributed by atoms with Gasteiger partial charge < -0.3 is 5.32 Å². The van der Waals surface area contributed by atoms with Crippen molar-refractivity contribution in [2.24, 2.45) is 11.8 Å². The number of hydrogen-bond donors (Lipinski definition) is 2. The highest BCUT2D eigenvalue weighted by Gasteiger charge is 2.37. The normalized spacial score (nSPS) is 20.7. The van der Waals surface area contributed by atoms with E-state index in [4.69, 9.17) is 0 Å². The second-order valence-corrected chi connectivity index (χ2v) is 10.3. The number of aromatic amines is 1. The molecule has 2 unspecified atom stereocenters. The van der Waals surface area contributed by atoms with Crippen LogP contribution in [0.4, 0.5) is 0 Å². The summed E-state index contributed by atoms with van der Waals surface area (Å²) in [6.45, 7) is 7.29. The first kappa shape index (κ1) is 23.3. The molecule has 3 heterocycles. The van der Waals surface area contributed by atoms with Gasteiger partial charge in [0.05, 0.1) is 5.41 Å². The van der Waals surface area contributed by atoms with E-state index in [1.54, 1.807) is 0 Å². The molecule has 1 fully saturated rings. The summed E-state index contributed by atoms with van der Waals surface area (Å²) in [6, 6.07) is 8.54. The number of allylic oxidation sites excluding steroid dienone is 2. The van der Waals surface area contributed by atoms with Crippen LogP contribution in [0.1, 0.15) is 63.8 Å². The second-order valence-electron chi connectivity index (χ2n) is 10.3. The van der Waals surface area contributed by atoms with Crippen LogP contribution in [0.3, 0.4) is 0 Å². The molecule has 2 aromatic heterocycles. The zero-order valence-corrected chi connectivity index (χ0v) is 20.8. The molecule has 5 rings (SSSR count). The molecule has 0 amide bonds. The highest BCUT2D eigenvalue weighted by atomic mass is 16.1. The fraction of sp³-hybridized carbons (Fsp3) is 0.481. The van der Waals surface area contributed by atoms with Crippen molar-refractivity contribution in [3.63, 3.8) is 0 Å². The smallest absolute Gasteiger partial charge is 0.328 e. The minimum atomic E-state index is -0.469. The van der Waals surface area contributed by atoms with E-state index in [0.717, 1.165) is 42.5 Å². The van der Waals surface area contributed by atoms with Gasteiger partial charge in [0.25, 0.3) is 0 Å². The van der Waals surface area contributed by atoms with Crippen molar-refractivity contribution in [2.75, 3.05) is 0 Å². The Morgan fingerprint density at radius 2 is 2.03 bits per heavy atom. The molecule has 0 saturated heterocycles. The Morgan fingerprint density at radius 1 is 1.20 bits per heavy atom. The van der Waals surface area contributed by atoms with E-state index in [-0.39, 0.29) is 5.69 Å². The van der Waals surface area contributed by atoms with Gasteiger partial charge in [0.15, 0.2) is 5.82 Å². The number of rotatable bonds is 9. The number of hydrogen-bond acceptors (Lipinski definition) is 5. The van der Waals surface area contributed by atoms with Crippen molar-refractivity contribution >= 4 is 0 Å². The third-order valence-corrected chi connectivity index (χ3v) is 7.77. The van der Waals surface area contributed by atoms with Gasteiger partial charge >= 0.3 is 5.69 Å². The lowest BCUT2D eigenvalue weighted by molar-refractivity contribution is 0.125. The van der Waals surface area contributed by atoms with E-state index >= 15 is 0 Å². The maximum absolute atomic E-state index is 13.9. The Morgan fingerprint density at radius 3 is 2.69 bits per heavy atom. The van der Waals surface area contributed by atoms with Crippen LogP contribution in [0.2, 0.25) is 0 Å². The summed E-state index contributed by atoms with van der Waals surface area (Å²) >= 11 is 0. The molecule has 1 aliphatic carbocycles. The molecule has 0 bridgehead atoms. The molecule has 2 N–H and O–H groups in total. The summed E-state index contributed by atoms with van der Waals surface area (Å²) in [4.78, 5) is 13.9. The molecule has 1 saturated carbocycles. The van der Waals surface area contributed by atoms with E-state index < -0.39 is 5.41 Å². The van der Waals surface area contributed by atoms with E-state index in [9.17, 15) is 4.79 Å². The van der Waals surface area contributed by atoms with Gasteiger partial charge in [0, 0.05) is 30.0 Å². The third kappa shape index (κ3) is 4.37. The number of benzene rings is 1. The number of tetrazole rings is 1. The van der Waals surface area contributed by atoms with Gasteiger partial charge in [-0.3, -0.25) is 9.13 Å². The molecule has 1 aromatic carbocycles. The topological polar surface area (TPSA) is 93.4 Å². The first-order valence-corrected chi connectivity index (χ1v) is 12.8. The summed E-state index contributed by atoms with van der Waals surface area (Å²) < 4.78 is 4.06. The highest BCUT2D eigenvalue weighted by Crippen LogP contribution is 2.43. The van der Waals surface area contributed by atoms with Crippen LogP contribution in [0.15, 0.2) is 59.8 Å². The fourth-order valence-corrected chi connectivity index (χ4v) is 5.54. The van der Waals surface area contributed by atoms with E-state index in [1.807, 2.05) is 33.7 Å². The zero-order chi connectivity index (χ0) is 24.4. The largest absolute Gasteiger partial charge is 0.368 e. The van der Waals surface area contributed by atoms with Gasteiger partial charge in [-0.05, 0) is 72.0 Å². The Labute approximate surface area is 206 Å². The van der Waals surface area contributed by atoms with Gasteiger partial charge in [-0.1, -0.05) is 57.5 Å². The van der Waals surface area contributed by atoms with Crippen LogP contribution in [0, 0.1) is 11.8 Å². The number of nitrogens with one attached hydrogen (secondary N) is 2. The molecule has 8 heteroatoms. The zero-order valence-electron chi connectivity index (χ0n) is 20.8. The van der Waals surface area contributed by atoms with Gasteiger partial charge in [-0.2, -0.15) is 0 Å². The second kappa shape index (κ2) is 9.68. The Bertz CT molecular complexity index is 1250. The predicted octanol–water partition coefficient (Wildman–Crippen LogP) is 4.35. The fourth-order valence-electron chi connectivity index (χ4n) is 5.54. The number of nitrogens with zero attached hydrogens (tertiary/aromatic N) is 5. The average molecular weight is 474 g/mol. The Balaban J connectivity index is 1.56. The standard InChI is InChI=1S/C27H35N7O/c1-4-5-9-22-17-33(24-11-10-23(24)19(2)3)26(35)34(22)18-27(12-14-28-15-13-27)21-8-6-7-20(16-21)25-29-31-32-30-25/h6-8,12-17,19,23-24,28H,4-5,9-11,18H2,1-3H3,(H,29,30,31,32). The van der Waals surface area contributed by atoms with Crippen LogP contribution in [-0.2, 0) is 18.4 Å². The molecule has 1 aliphatic heterocycles.